The highest BCUT2D eigenvalue weighted by Gasteiger charge is 2.30. The zero-order chi connectivity index (χ0) is 18.2. The number of benzene rings is 1. The third kappa shape index (κ3) is 3.39. The van der Waals surface area contributed by atoms with Crippen LogP contribution < -0.4 is 4.74 Å². The standard InChI is InChI=1S/C21H26N2O2/c1-21(2,3)15-9-10-18-17(11-15)19(22-13-23(4)5)16-8-6-7-14(12-24)20(16)25-18/h9-13H,6-8H2,1-5H3. The Labute approximate surface area is 149 Å². The molecule has 132 valence electrons. The molecule has 0 amide bonds. The lowest BCUT2D eigenvalue weighted by atomic mass is 9.83. The zero-order valence-corrected chi connectivity index (χ0v) is 15.7. The molecule has 4 heteroatoms. The lowest BCUT2D eigenvalue weighted by Crippen LogP contribution is -2.18. The lowest BCUT2D eigenvalue weighted by Gasteiger charge is -2.30. The quantitative estimate of drug-likeness (QED) is 0.468. The Hall–Kier alpha value is -2.36. The Morgan fingerprint density at radius 3 is 2.60 bits per heavy atom. The van der Waals surface area contributed by atoms with Gasteiger partial charge in [0.1, 0.15) is 17.8 Å². The van der Waals surface area contributed by atoms with E-state index in [0.717, 1.165) is 53.7 Å². The third-order valence-corrected chi connectivity index (χ3v) is 4.60. The maximum atomic E-state index is 11.5. The van der Waals surface area contributed by atoms with Crippen molar-refractivity contribution < 1.29 is 9.53 Å². The van der Waals surface area contributed by atoms with Crippen molar-refractivity contribution in [3.05, 3.63) is 46.2 Å². The molecule has 4 nitrogen and oxygen atoms in total. The van der Waals surface area contributed by atoms with Gasteiger partial charge in [-0.3, -0.25) is 4.79 Å². The van der Waals surface area contributed by atoms with Crippen LogP contribution in [0, 0.1) is 0 Å². The fourth-order valence-electron chi connectivity index (χ4n) is 3.21. The van der Waals surface area contributed by atoms with Crippen LogP contribution in [0.1, 0.15) is 51.2 Å². The van der Waals surface area contributed by atoms with Gasteiger partial charge >= 0.3 is 0 Å². The summed E-state index contributed by atoms with van der Waals surface area (Å²) >= 11 is 0. The summed E-state index contributed by atoms with van der Waals surface area (Å²) in [5.74, 6) is 1.49. The van der Waals surface area contributed by atoms with E-state index in [1.54, 1.807) is 0 Å². The van der Waals surface area contributed by atoms with Crippen LogP contribution >= 0.6 is 0 Å². The molecule has 0 N–H and O–H groups in total. The highest BCUT2D eigenvalue weighted by Crippen LogP contribution is 2.45. The van der Waals surface area contributed by atoms with Gasteiger partial charge in [0.2, 0.25) is 0 Å². The van der Waals surface area contributed by atoms with E-state index in [2.05, 4.69) is 32.9 Å². The van der Waals surface area contributed by atoms with Gasteiger partial charge in [-0.1, -0.05) is 26.8 Å². The van der Waals surface area contributed by atoms with E-state index >= 15 is 0 Å². The minimum Gasteiger partial charge on any atom is -0.456 e. The summed E-state index contributed by atoms with van der Waals surface area (Å²) in [6, 6.07) is 6.28. The van der Waals surface area contributed by atoms with E-state index in [9.17, 15) is 4.79 Å². The van der Waals surface area contributed by atoms with E-state index in [4.69, 9.17) is 9.73 Å². The number of carbonyl (C=O) groups is 1. The number of fused-ring (bicyclic) bond motifs is 2. The van der Waals surface area contributed by atoms with E-state index in [1.807, 2.05) is 31.4 Å². The number of rotatable bonds is 3. The van der Waals surface area contributed by atoms with Gasteiger partial charge in [0.05, 0.1) is 12.0 Å². The van der Waals surface area contributed by atoms with Crippen LogP contribution in [0.25, 0.3) is 5.70 Å². The highest BCUT2D eigenvalue weighted by atomic mass is 16.5. The van der Waals surface area contributed by atoms with Gasteiger partial charge in [-0.05, 0) is 42.4 Å². The molecule has 0 unspecified atom stereocenters. The van der Waals surface area contributed by atoms with Crippen molar-refractivity contribution in [1.82, 2.24) is 4.90 Å². The predicted molar refractivity (Wildman–Crippen MR) is 102 cm³/mol. The summed E-state index contributed by atoms with van der Waals surface area (Å²) in [7, 11) is 3.91. The van der Waals surface area contributed by atoms with Crippen LogP contribution in [-0.2, 0) is 10.2 Å². The van der Waals surface area contributed by atoms with Crippen LogP contribution in [0.5, 0.6) is 5.75 Å². The van der Waals surface area contributed by atoms with Crippen molar-refractivity contribution in [1.29, 1.82) is 0 Å². The molecule has 2 aliphatic rings. The molecule has 3 rings (SSSR count). The fraction of sp³-hybridized carbons (Fsp3) is 0.429. The molecule has 1 aliphatic heterocycles. The number of nitrogens with zero attached hydrogens (tertiary/aromatic N) is 2. The number of aldehydes is 1. The Morgan fingerprint density at radius 1 is 1.20 bits per heavy atom. The van der Waals surface area contributed by atoms with Crippen LogP contribution in [0.2, 0.25) is 0 Å². The van der Waals surface area contributed by atoms with Gasteiger partial charge in [-0.25, -0.2) is 4.99 Å². The first kappa shape index (κ1) is 17.5. The molecule has 1 heterocycles. The second kappa shape index (κ2) is 6.51. The summed E-state index contributed by atoms with van der Waals surface area (Å²) < 4.78 is 6.15. The maximum Gasteiger partial charge on any atom is 0.149 e. The highest BCUT2D eigenvalue weighted by molar-refractivity contribution is 5.86. The Bertz CT molecular complexity index is 793. The Kier molecular flexibility index (Phi) is 4.55. The minimum absolute atomic E-state index is 0.0483. The fourth-order valence-corrected chi connectivity index (χ4v) is 3.21. The topological polar surface area (TPSA) is 41.9 Å². The SMILES string of the molecule is CN(C)C=NC1=C2CCCC(C=O)=C2Oc2ccc(C(C)(C)C)cc21. The van der Waals surface area contributed by atoms with Crippen LogP contribution in [0.15, 0.2) is 40.1 Å². The predicted octanol–water partition coefficient (Wildman–Crippen LogP) is 4.31. The number of hydrogen-bond donors (Lipinski definition) is 0. The largest absolute Gasteiger partial charge is 0.456 e. The number of ether oxygens (including phenoxy) is 1. The van der Waals surface area contributed by atoms with Crippen molar-refractivity contribution in [3.8, 4) is 5.75 Å². The van der Waals surface area contributed by atoms with Crippen LogP contribution in [0.3, 0.4) is 0 Å². The normalized spacial score (nSPS) is 17.3. The molecule has 1 aliphatic carbocycles. The van der Waals surface area contributed by atoms with E-state index in [-0.39, 0.29) is 5.41 Å². The minimum atomic E-state index is 0.0483. The number of hydrogen-bond acceptors (Lipinski definition) is 3. The second-order valence-corrected chi connectivity index (χ2v) is 7.92. The third-order valence-electron chi connectivity index (χ3n) is 4.60. The van der Waals surface area contributed by atoms with E-state index in [1.165, 1.54) is 5.56 Å². The molecule has 1 aromatic carbocycles. The van der Waals surface area contributed by atoms with Crippen molar-refractivity contribution >= 4 is 18.3 Å². The molecule has 0 atom stereocenters. The zero-order valence-electron chi connectivity index (χ0n) is 15.7. The molecule has 25 heavy (non-hydrogen) atoms. The van der Waals surface area contributed by atoms with Crippen molar-refractivity contribution in [2.75, 3.05) is 14.1 Å². The van der Waals surface area contributed by atoms with Crippen molar-refractivity contribution in [2.24, 2.45) is 4.99 Å². The van der Waals surface area contributed by atoms with E-state index in [0.29, 0.717) is 5.76 Å². The molecule has 0 aromatic heterocycles. The Balaban J connectivity index is 2.24. The number of allylic oxidation sites excluding steroid dienone is 2. The van der Waals surface area contributed by atoms with Gasteiger partial charge in [-0.2, -0.15) is 0 Å². The molecule has 0 radical (unpaired) electrons. The van der Waals surface area contributed by atoms with Crippen LogP contribution in [-0.4, -0.2) is 31.6 Å². The van der Waals surface area contributed by atoms with Gasteiger partial charge in [-0.15, -0.1) is 0 Å². The lowest BCUT2D eigenvalue weighted by molar-refractivity contribution is -0.105. The summed E-state index contributed by atoms with van der Waals surface area (Å²) in [5, 5.41) is 0. The molecule has 0 spiro atoms. The molecule has 0 fully saturated rings. The van der Waals surface area contributed by atoms with Gasteiger partial charge in [0.15, 0.2) is 0 Å². The van der Waals surface area contributed by atoms with Gasteiger partial charge < -0.3 is 9.64 Å². The first-order valence-corrected chi connectivity index (χ1v) is 8.76. The van der Waals surface area contributed by atoms with E-state index < -0.39 is 0 Å². The molecular weight excluding hydrogens is 312 g/mol. The molecule has 0 bridgehead atoms. The maximum absolute atomic E-state index is 11.5. The van der Waals surface area contributed by atoms with Gasteiger partial charge in [0.25, 0.3) is 0 Å². The average Bonchev–Trinajstić information content (AvgIpc) is 2.56. The van der Waals surface area contributed by atoms with Crippen molar-refractivity contribution in [2.45, 2.75) is 45.4 Å². The first-order valence-electron chi connectivity index (χ1n) is 8.76. The molecule has 0 saturated heterocycles. The monoisotopic (exact) mass is 338 g/mol. The number of carbonyl (C=O) groups excluding carboxylic acids is 1. The summed E-state index contributed by atoms with van der Waals surface area (Å²) in [5.41, 5.74) is 5.01. The van der Waals surface area contributed by atoms with Crippen molar-refractivity contribution in [3.63, 3.8) is 0 Å². The molecular formula is C21H26N2O2. The number of aliphatic imine (C=N–C) groups is 1. The van der Waals surface area contributed by atoms with Crippen LogP contribution in [0.4, 0.5) is 0 Å². The average molecular weight is 338 g/mol. The summed E-state index contributed by atoms with van der Waals surface area (Å²) in [6.45, 7) is 6.60. The molecule has 1 aromatic rings. The first-order chi connectivity index (χ1) is 11.8. The Morgan fingerprint density at radius 2 is 1.96 bits per heavy atom. The van der Waals surface area contributed by atoms with Gasteiger partial charge in [0, 0.05) is 30.8 Å². The smallest absolute Gasteiger partial charge is 0.149 e. The molecule has 0 saturated carbocycles. The summed E-state index contributed by atoms with van der Waals surface area (Å²) in [4.78, 5) is 18.1. The summed E-state index contributed by atoms with van der Waals surface area (Å²) in [6.07, 6.45) is 5.34. The second-order valence-electron chi connectivity index (χ2n) is 7.92.